The monoisotopic (exact) mass is 408 g/mol. The van der Waals surface area contributed by atoms with Crippen LogP contribution in [0.5, 0.6) is 5.75 Å². The van der Waals surface area contributed by atoms with Gasteiger partial charge in [-0.1, -0.05) is 0 Å². The largest absolute Gasteiger partial charge is 0.488 e. The van der Waals surface area contributed by atoms with Gasteiger partial charge in [0.1, 0.15) is 11.9 Å². The summed E-state index contributed by atoms with van der Waals surface area (Å²) in [6, 6.07) is 5.58. The van der Waals surface area contributed by atoms with E-state index in [-0.39, 0.29) is 12.0 Å². The predicted molar refractivity (Wildman–Crippen MR) is 113 cm³/mol. The molecule has 1 atom stereocenters. The first kappa shape index (κ1) is 20.1. The van der Waals surface area contributed by atoms with Crippen LogP contribution in [-0.4, -0.2) is 55.0 Å². The van der Waals surface area contributed by atoms with Crippen molar-refractivity contribution >= 4 is 5.91 Å². The first-order valence-electron chi connectivity index (χ1n) is 10.4. The molecule has 4 rings (SSSR count). The third kappa shape index (κ3) is 3.94. The maximum Gasteiger partial charge on any atom is 0.274 e. The zero-order chi connectivity index (χ0) is 21.3. The van der Waals surface area contributed by atoms with Gasteiger partial charge in [-0.25, -0.2) is 0 Å². The molecular formula is C22H28N6O2. The number of ether oxygens (including phenoxy) is 1. The van der Waals surface area contributed by atoms with Crippen molar-refractivity contribution in [2.45, 2.75) is 52.8 Å². The molecule has 1 aliphatic rings. The van der Waals surface area contributed by atoms with Gasteiger partial charge in [0.15, 0.2) is 5.69 Å². The Morgan fingerprint density at radius 2 is 2.03 bits per heavy atom. The van der Waals surface area contributed by atoms with Gasteiger partial charge in [-0.15, -0.1) is 0 Å². The number of hydrogen-bond acceptors (Lipinski definition) is 5. The molecule has 158 valence electrons. The number of aromatic nitrogens is 5. The van der Waals surface area contributed by atoms with Crippen molar-refractivity contribution < 1.29 is 9.53 Å². The second-order valence-electron chi connectivity index (χ2n) is 7.77. The molecule has 1 amide bonds. The lowest BCUT2D eigenvalue weighted by Gasteiger charge is -2.16. The Kier molecular flexibility index (Phi) is 5.57. The summed E-state index contributed by atoms with van der Waals surface area (Å²) in [5.41, 5.74) is 4.96. The van der Waals surface area contributed by atoms with Crippen LogP contribution in [0.4, 0.5) is 0 Å². The molecule has 0 aliphatic carbocycles. The molecule has 0 radical (unpaired) electrons. The summed E-state index contributed by atoms with van der Waals surface area (Å²) >= 11 is 0. The van der Waals surface area contributed by atoms with Crippen LogP contribution >= 0.6 is 0 Å². The van der Waals surface area contributed by atoms with Crippen LogP contribution in [-0.2, 0) is 25.9 Å². The third-order valence-electron chi connectivity index (χ3n) is 5.72. The van der Waals surface area contributed by atoms with Gasteiger partial charge in [0.2, 0.25) is 0 Å². The van der Waals surface area contributed by atoms with Crippen LogP contribution in [0.2, 0.25) is 0 Å². The van der Waals surface area contributed by atoms with E-state index in [4.69, 9.17) is 4.74 Å². The van der Waals surface area contributed by atoms with Gasteiger partial charge in [0.25, 0.3) is 5.91 Å². The van der Waals surface area contributed by atoms with E-state index in [9.17, 15) is 4.79 Å². The third-order valence-corrected chi connectivity index (χ3v) is 5.72. The molecule has 8 nitrogen and oxygen atoms in total. The minimum Gasteiger partial charge on any atom is -0.488 e. The van der Waals surface area contributed by atoms with E-state index in [1.54, 1.807) is 17.3 Å². The maximum atomic E-state index is 12.9. The summed E-state index contributed by atoms with van der Waals surface area (Å²) in [4.78, 5) is 18.6. The number of carbonyl (C=O) groups excluding carboxylic acids is 1. The van der Waals surface area contributed by atoms with E-state index < -0.39 is 0 Å². The van der Waals surface area contributed by atoms with Crippen molar-refractivity contribution in [1.82, 2.24) is 29.4 Å². The Labute approximate surface area is 176 Å². The van der Waals surface area contributed by atoms with Crippen LogP contribution in [0.1, 0.15) is 40.1 Å². The summed E-state index contributed by atoms with van der Waals surface area (Å²) in [5.74, 6) is 0.746. The first-order valence-corrected chi connectivity index (χ1v) is 10.4. The van der Waals surface area contributed by atoms with Gasteiger partial charge in [0.05, 0.1) is 12.2 Å². The second-order valence-corrected chi connectivity index (χ2v) is 7.77. The molecule has 30 heavy (non-hydrogen) atoms. The summed E-state index contributed by atoms with van der Waals surface area (Å²) in [7, 11) is 1.83. The molecule has 0 saturated heterocycles. The smallest absolute Gasteiger partial charge is 0.274 e. The molecule has 0 spiro atoms. The lowest BCUT2D eigenvalue weighted by molar-refractivity contribution is 0.0789. The molecular weight excluding hydrogens is 380 g/mol. The SMILES string of the molecule is CCn1nc(C)c(CCN(C)C(=O)c2cc3n(n2)C[C@@H](Oc2ccncc2)C3)c1C. The number of nitrogens with zero attached hydrogens (tertiary/aromatic N) is 6. The molecule has 1 aliphatic heterocycles. The summed E-state index contributed by atoms with van der Waals surface area (Å²) in [6.07, 6.45) is 4.98. The average Bonchev–Trinajstić information content (AvgIpc) is 3.38. The topological polar surface area (TPSA) is 78.1 Å². The Morgan fingerprint density at radius 1 is 1.27 bits per heavy atom. The molecule has 0 saturated carbocycles. The fourth-order valence-electron chi connectivity index (χ4n) is 4.04. The van der Waals surface area contributed by atoms with Crippen molar-refractivity contribution in [3.8, 4) is 5.75 Å². The lowest BCUT2D eigenvalue weighted by atomic mass is 10.1. The van der Waals surface area contributed by atoms with Crippen LogP contribution in [0.25, 0.3) is 0 Å². The van der Waals surface area contributed by atoms with Gasteiger partial charge in [-0.3, -0.25) is 19.1 Å². The van der Waals surface area contributed by atoms with Crippen molar-refractivity contribution in [2.24, 2.45) is 0 Å². The van der Waals surface area contributed by atoms with E-state index in [0.717, 1.165) is 36.5 Å². The molecule has 3 aromatic rings. The van der Waals surface area contributed by atoms with Crippen molar-refractivity contribution in [2.75, 3.05) is 13.6 Å². The molecule has 0 fully saturated rings. The Bertz CT molecular complexity index is 1020. The number of carbonyl (C=O) groups is 1. The zero-order valence-corrected chi connectivity index (χ0v) is 18.0. The number of amides is 1. The van der Waals surface area contributed by atoms with E-state index in [0.29, 0.717) is 18.8 Å². The Hall–Kier alpha value is -3.16. The van der Waals surface area contributed by atoms with Gasteiger partial charge < -0.3 is 9.64 Å². The first-order chi connectivity index (χ1) is 14.5. The van der Waals surface area contributed by atoms with Gasteiger partial charge in [0, 0.05) is 50.3 Å². The number of likely N-dealkylation sites (N-methyl/N-ethyl adjacent to an activating group) is 1. The average molecular weight is 409 g/mol. The van der Waals surface area contributed by atoms with E-state index in [1.165, 1.54) is 11.3 Å². The predicted octanol–water partition coefficient (Wildman–Crippen LogP) is 2.43. The number of fused-ring (bicyclic) bond motifs is 1. The van der Waals surface area contributed by atoms with Crippen LogP contribution in [0.3, 0.4) is 0 Å². The lowest BCUT2D eigenvalue weighted by Crippen LogP contribution is -2.29. The second kappa shape index (κ2) is 8.30. The summed E-state index contributed by atoms with van der Waals surface area (Å²) in [6.45, 7) is 8.33. The van der Waals surface area contributed by atoms with Gasteiger partial charge in [-0.05, 0) is 51.0 Å². The Morgan fingerprint density at radius 3 is 2.70 bits per heavy atom. The minimum atomic E-state index is -0.0540. The van der Waals surface area contributed by atoms with Crippen LogP contribution < -0.4 is 4.74 Å². The fraction of sp³-hybridized carbons (Fsp3) is 0.455. The highest BCUT2D eigenvalue weighted by Gasteiger charge is 2.27. The van der Waals surface area contributed by atoms with Crippen molar-refractivity contribution in [3.05, 3.63) is 58.9 Å². The van der Waals surface area contributed by atoms with Crippen LogP contribution in [0.15, 0.2) is 30.6 Å². The van der Waals surface area contributed by atoms with Crippen molar-refractivity contribution in [3.63, 3.8) is 0 Å². The molecule has 0 N–H and O–H groups in total. The highest BCUT2D eigenvalue weighted by molar-refractivity contribution is 5.92. The number of rotatable bonds is 7. The van der Waals surface area contributed by atoms with E-state index in [1.807, 2.05) is 41.5 Å². The normalized spacial score (nSPS) is 15.3. The molecule has 3 aromatic heterocycles. The molecule has 4 heterocycles. The number of hydrogen-bond donors (Lipinski definition) is 0. The molecule has 0 unspecified atom stereocenters. The maximum absolute atomic E-state index is 12.9. The number of pyridine rings is 1. The summed E-state index contributed by atoms with van der Waals surface area (Å²) in [5, 5.41) is 9.09. The van der Waals surface area contributed by atoms with Gasteiger partial charge in [-0.2, -0.15) is 10.2 Å². The fourth-order valence-corrected chi connectivity index (χ4v) is 4.04. The zero-order valence-electron chi connectivity index (χ0n) is 18.0. The highest BCUT2D eigenvalue weighted by Crippen LogP contribution is 2.22. The molecule has 0 bridgehead atoms. The quantitative estimate of drug-likeness (QED) is 0.600. The van der Waals surface area contributed by atoms with Crippen LogP contribution in [0, 0.1) is 13.8 Å². The Balaban J connectivity index is 1.35. The summed E-state index contributed by atoms with van der Waals surface area (Å²) < 4.78 is 9.87. The van der Waals surface area contributed by atoms with Gasteiger partial charge >= 0.3 is 0 Å². The highest BCUT2D eigenvalue weighted by atomic mass is 16.5. The van der Waals surface area contributed by atoms with E-state index in [2.05, 4.69) is 29.0 Å². The number of aryl methyl sites for hydroxylation is 2. The molecule has 0 aromatic carbocycles. The van der Waals surface area contributed by atoms with E-state index >= 15 is 0 Å². The minimum absolute atomic E-state index is 0.0258. The van der Waals surface area contributed by atoms with Crippen molar-refractivity contribution in [1.29, 1.82) is 0 Å². The molecule has 8 heteroatoms. The standard InChI is InChI=1S/C22H28N6O2/c1-5-27-16(3)20(15(2)24-27)8-11-26(4)22(29)21-13-17-12-19(14-28(17)25-21)30-18-6-9-23-10-7-18/h6-7,9-10,13,19H,5,8,11-12,14H2,1-4H3/t19-/m0/s1.